The van der Waals surface area contributed by atoms with Crippen molar-refractivity contribution in [2.75, 3.05) is 74.1 Å². The van der Waals surface area contributed by atoms with Gasteiger partial charge in [0.2, 0.25) is 23.6 Å². The van der Waals surface area contributed by atoms with Gasteiger partial charge < -0.3 is 45.6 Å². The number of aliphatic hydroxyl groups is 1. The van der Waals surface area contributed by atoms with E-state index < -0.39 is 53.1 Å². The number of nitrogens with zero attached hydrogens (tertiary/aromatic N) is 9. The summed E-state index contributed by atoms with van der Waals surface area (Å²) < 4.78 is 22.2. The number of para-hydroxylation sites is 1. The first-order valence-electron chi connectivity index (χ1n) is 28.8. The maximum absolute atomic E-state index is 15.3. The van der Waals surface area contributed by atoms with E-state index in [1.54, 1.807) is 27.8 Å². The molecule has 0 aliphatic carbocycles. The third kappa shape index (κ3) is 15.0. The molecule has 4 amide bonds. The Kier molecular flexibility index (Phi) is 19.8. The minimum atomic E-state index is -1.13. The third-order valence-corrected chi connectivity index (χ3v) is 19.5. The number of anilines is 4. The monoisotopic (exact) mass is 1260 g/mol. The zero-order chi connectivity index (χ0) is 61.5. The van der Waals surface area contributed by atoms with E-state index in [9.17, 15) is 34.2 Å². The second-order valence-corrected chi connectivity index (χ2v) is 26.8. The molecule has 5 N–H and O–H groups in total. The van der Waals surface area contributed by atoms with E-state index in [-0.39, 0.29) is 54.5 Å². The van der Waals surface area contributed by atoms with Crippen molar-refractivity contribution < 1.29 is 43.3 Å². The van der Waals surface area contributed by atoms with Gasteiger partial charge in [-0.3, -0.25) is 24.1 Å². The highest BCUT2D eigenvalue weighted by Gasteiger charge is 2.45. The predicted molar refractivity (Wildman–Crippen MR) is 338 cm³/mol. The van der Waals surface area contributed by atoms with Gasteiger partial charge in [-0.15, -0.1) is 44.6 Å². The van der Waals surface area contributed by atoms with Crippen LogP contribution in [0.1, 0.15) is 96.3 Å². The molecule has 0 radical (unpaired) electrons. The molecule has 4 atom stereocenters. The van der Waals surface area contributed by atoms with Crippen LogP contribution in [-0.4, -0.2) is 162 Å². The summed E-state index contributed by atoms with van der Waals surface area (Å²) in [5, 5.41) is 40.4. The van der Waals surface area contributed by atoms with Crippen molar-refractivity contribution in [1.82, 2.24) is 50.5 Å². The number of piperazine rings is 1. The number of rotatable bonds is 20. The molecule has 10 rings (SSSR count). The minimum Gasteiger partial charge on any atom is -0.491 e. The summed E-state index contributed by atoms with van der Waals surface area (Å²) in [6.07, 6.45) is 1.53. The Bertz CT molecular complexity index is 3700. The van der Waals surface area contributed by atoms with Gasteiger partial charge in [0.1, 0.15) is 12.1 Å². The molecule has 456 valence electrons. The van der Waals surface area contributed by atoms with E-state index in [1.165, 1.54) is 39.7 Å². The molecule has 3 aliphatic heterocycles. The molecule has 0 bridgehead atoms. The molecular formula is C62H69FN12O8S4. The van der Waals surface area contributed by atoms with E-state index in [2.05, 4.69) is 57.8 Å². The summed E-state index contributed by atoms with van der Waals surface area (Å²) >= 11 is 5.55. The Balaban J connectivity index is 0.636. The number of likely N-dealkylation sites (tertiary alicyclic amines) is 1. The number of carbonyl (C=O) groups is 5. The minimum absolute atomic E-state index is 0.0322. The normalized spacial score (nSPS) is 16.9. The number of nitrogens with one attached hydrogen (secondary N) is 3. The highest BCUT2D eigenvalue weighted by molar-refractivity contribution is 8.00. The topological polar surface area (TPSA) is 249 Å². The van der Waals surface area contributed by atoms with E-state index in [4.69, 9.17) is 4.74 Å². The maximum atomic E-state index is 15.3. The Labute approximate surface area is 520 Å². The lowest BCUT2D eigenvalue weighted by molar-refractivity contribution is -0.143. The number of hydrogen-bond donors (Lipinski definition) is 5. The standard InChI is InChI=1S/C62H69FN12O8S4/c1-36-43-13-10-24-74(56(43)71-70-55(36)69-60-66-45-14-7-8-15-48(45)86-60)61-68-52(59(81)82)49(87-61)16-11-29-83-47-22-17-39(30-44(47)63)12-9-23-72-25-27-73(28-26-72)51(78)34-84-33-50(77)67-54(62(4,5)6)58(80)75-32-42(76)31-46(75)57(79)65-37(2)40-18-20-41(21-19-40)53-38(3)64-35-85-53/h7-8,14-15,17-22,30,35,37,42,46,54,76H,10-11,13,16,23-29,31-34H2,1-6H3,(H,65,79)(H,67,77)(H,81,82)(H,66,69,70)/t37?,42-,46+,54?/m1/s1. The van der Waals surface area contributed by atoms with Gasteiger partial charge in [0.15, 0.2) is 39.2 Å². The van der Waals surface area contributed by atoms with Crippen LogP contribution in [0, 0.1) is 36.9 Å². The van der Waals surface area contributed by atoms with Crippen molar-refractivity contribution in [3.05, 3.63) is 117 Å². The molecule has 2 fully saturated rings. The molecule has 87 heavy (non-hydrogen) atoms. The Hall–Kier alpha value is -7.60. The molecule has 2 saturated heterocycles. The van der Waals surface area contributed by atoms with Crippen LogP contribution in [0.5, 0.6) is 5.75 Å². The number of amides is 4. The van der Waals surface area contributed by atoms with E-state index in [0.29, 0.717) is 79.3 Å². The van der Waals surface area contributed by atoms with Crippen molar-refractivity contribution in [3.8, 4) is 28.0 Å². The molecule has 7 heterocycles. The van der Waals surface area contributed by atoms with Crippen LogP contribution in [0.15, 0.2) is 72.2 Å². The van der Waals surface area contributed by atoms with Gasteiger partial charge in [0.25, 0.3) is 0 Å². The number of hydrogen-bond acceptors (Lipinski definition) is 19. The summed E-state index contributed by atoms with van der Waals surface area (Å²) in [6.45, 7) is 14.5. The smallest absolute Gasteiger partial charge is 0.355 e. The predicted octanol–water partition coefficient (Wildman–Crippen LogP) is 8.56. The number of ether oxygens (including phenoxy) is 1. The van der Waals surface area contributed by atoms with E-state index in [1.807, 2.05) is 95.0 Å². The number of halogens is 1. The van der Waals surface area contributed by atoms with Gasteiger partial charge in [-0.2, -0.15) is 0 Å². The highest BCUT2D eigenvalue weighted by atomic mass is 32.2. The number of benzene rings is 3. The zero-order valence-corrected chi connectivity index (χ0v) is 52.5. The van der Waals surface area contributed by atoms with Crippen LogP contribution in [0.4, 0.5) is 26.3 Å². The van der Waals surface area contributed by atoms with Gasteiger partial charge >= 0.3 is 5.97 Å². The molecular weight excluding hydrogens is 1190 g/mol. The van der Waals surface area contributed by atoms with Gasteiger partial charge in [-0.25, -0.2) is 24.1 Å². The summed E-state index contributed by atoms with van der Waals surface area (Å²) in [5.74, 6) is 4.37. The van der Waals surface area contributed by atoms with Crippen LogP contribution >= 0.6 is 45.8 Å². The summed E-state index contributed by atoms with van der Waals surface area (Å²) in [4.78, 5) is 89.3. The number of carboxylic acid groups (broad SMARTS) is 1. The molecule has 0 saturated carbocycles. The fourth-order valence-electron chi connectivity index (χ4n) is 10.8. The van der Waals surface area contributed by atoms with Gasteiger partial charge in [0, 0.05) is 67.3 Å². The molecule has 20 nitrogen and oxygen atoms in total. The van der Waals surface area contributed by atoms with Crippen LogP contribution in [0.25, 0.3) is 20.7 Å². The molecule has 4 aromatic heterocycles. The fraction of sp³-hybridized carbons (Fsp3) is 0.419. The molecule has 25 heteroatoms. The number of carbonyl (C=O) groups excluding carboxylic acids is 4. The lowest BCUT2D eigenvalue weighted by Gasteiger charge is -2.35. The lowest BCUT2D eigenvalue weighted by atomic mass is 9.85. The molecule has 0 spiro atoms. The summed E-state index contributed by atoms with van der Waals surface area (Å²) in [5.41, 5.74) is 7.23. The van der Waals surface area contributed by atoms with E-state index in [0.717, 1.165) is 72.8 Å². The first-order valence-corrected chi connectivity index (χ1v) is 32.5. The average molecular weight is 1260 g/mol. The largest absolute Gasteiger partial charge is 0.491 e. The quantitative estimate of drug-likeness (QED) is 0.0354. The van der Waals surface area contributed by atoms with E-state index >= 15 is 4.39 Å². The van der Waals surface area contributed by atoms with Crippen LogP contribution in [-0.2, 0) is 32.0 Å². The number of thioether (sulfide) groups is 1. The van der Waals surface area contributed by atoms with Crippen molar-refractivity contribution in [2.24, 2.45) is 5.41 Å². The van der Waals surface area contributed by atoms with Crippen LogP contribution < -0.4 is 25.6 Å². The highest BCUT2D eigenvalue weighted by Crippen LogP contribution is 2.40. The van der Waals surface area contributed by atoms with Crippen molar-refractivity contribution >= 4 is 107 Å². The van der Waals surface area contributed by atoms with Crippen molar-refractivity contribution in [2.45, 2.75) is 97.9 Å². The number of aryl methyl sites for hydroxylation is 2. The first-order chi connectivity index (χ1) is 41.8. The number of aromatic carboxylic acids is 1. The lowest BCUT2D eigenvalue weighted by Crippen LogP contribution is -2.58. The second-order valence-electron chi connectivity index (χ2n) is 22.8. The Morgan fingerprint density at radius 1 is 0.943 bits per heavy atom. The zero-order valence-electron chi connectivity index (χ0n) is 49.2. The van der Waals surface area contributed by atoms with Crippen LogP contribution in [0.3, 0.4) is 0 Å². The third-order valence-electron chi connectivity index (χ3n) is 15.5. The van der Waals surface area contributed by atoms with Gasteiger partial charge in [-0.05, 0) is 93.3 Å². The SMILES string of the molecule is Cc1ncsc1-c1ccc(C(C)NC(=O)[C@@H]2C[C@@H](O)CN2C(=O)C(NC(=O)CSCC(=O)N2CCN(CC#Cc3ccc(OCCCc4sc(N5CCCc6c5nnc(Nc5nc7ccccc7s5)c6C)nc4C(=O)O)c(F)c3)CC2)C(C)(C)C)cc1. The second kappa shape index (κ2) is 27.6. The van der Waals surface area contributed by atoms with Crippen molar-refractivity contribution in [3.63, 3.8) is 0 Å². The number of fused-ring (bicyclic) bond motifs is 2. The average Bonchev–Trinajstić information content (AvgIpc) is 2.15. The van der Waals surface area contributed by atoms with Gasteiger partial charge in [-0.1, -0.05) is 80.3 Å². The molecule has 3 aliphatic rings. The number of aromatic nitrogens is 5. The number of aliphatic hydroxyl groups excluding tert-OH is 1. The number of carboxylic acids is 1. The summed E-state index contributed by atoms with van der Waals surface area (Å²) in [7, 11) is 0. The maximum Gasteiger partial charge on any atom is 0.355 e. The fourth-order valence-corrected chi connectivity index (χ4v) is 14.3. The van der Waals surface area contributed by atoms with Gasteiger partial charge in [0.05, 0.1) is 63.1 Å². The molecule has 3 aromatic carbocycles. The van der Waals surface area contributed by atoms with Crippen molar-refractivity contribution in [1.29, 1.82) is 0 Å². The Morgan fingerprint density at radius 2 is 1.72 bits per heavy atom. The summed E-state index contributed by atoms with van der Waals surface area (Å²) in [6, 6.07) is 18.0. The first kappa shape index (κ1) is 62.5. The Morgan fingerprint density at radius 3 is 2.45 bits per heavy atom. The number of β-amino-alcohol motifs (C(OH)–C–C–N with tert-alkyl or cyclic N) is 1. The molecule has 2 unspecified atom stereocenters. The number of thiazole rings is 3. The van der Waals surface area contributed by atoms with Crippen LogP contribution in [0.2, 0.25) is 0 Å². The molecule has 7 aromatic rings.